The first-order valence-corrected chi connectivity index (χ1v) is 9.71. The Hall–Kier alpha value is -0.830. The predicted molar refractivity (Wildman–Crippen MR) is 120 cm³/mol. The number of halogens is 1. The molecule has 1 aromatic heterocycles. The highest BCUT2D eigenvalue weighted by Gasteiger charge is 2.21. The first-order chi connectivity index (χ1) is 12.0. The molecule has 1 fully saturated rings. The standard InChI is InChI=1S/C19H36N6.HI/c1-7-17-16(18(8-2)23(6)22-17)13-21-19(20-5)25-11-9-24(10-12-25)14-15(3)4;/h15H,7-14H2,1-6H3,(H,20,21);1H. The van der Waals surface area contributed by atoms with Gasteiger partial charge < -0.3 is 10.2 Å². The topological polar surface area (TPSA) is 48.7 Å². The molecule has 6 nitrogen and oxygen atoms in total. The number of guanidine groups is 1. The molecule has 2 heterocycles. The van der Waals surface area contributed by atoms with Gasteiger partial charge in [-0.25, -0.2) is 0 Å². The molecule has 1 saturated heterocycles. The van der Waals surface area contributed by atoms with Crippen LogP contribution in [0.15, 0.2) is 4.99 Å². The van der Waals surface area contributed by atoms with Gasteiger partial charge in [0.2, 0.25) is 0 Å². The van der Waals surface area contributed by atoms with E-state index in [1.54, 1.807) is 0 Å². The van der Waals surface area contributed by atoms with Crippen LogP contribution in [0.25, 0.3) is 0 Å². The van der Waals surface area contributed by atoms with Crippen LogP contribution in [-0.4, -0.2) is 65.3 Å². The van der Waals surface area contributed by atoms with Crippen molar-refractivity contribution in [3.63, 3.8) is 0 Å². The highest BCUT2D eigenvalue weighted by molar-refractivity contribution is 14.0. The summed E-state index contributed by atoms with van der Waals surface area (Å²) < 4.78 is 2.03. The number of nitrogens with zero attached hydrogens (tertiary/aromatic N) is 5. The number of hydrogen-bond acceptors (Lipinski definition) is 3. The van der Waals surface area contributed by atoms with E-state index in [1.165, 1.54) is 23.5 Å². The Kier molecular flexibility index (Phi) is 9.92. The van der Waals surface area contributed by atoms with E-state index >= 15 is 0 Å². The van der Waals surface area contributed by atoms with Crippen molar-refractivity contribution in [3.8, 4) is 0 Å². The van der Waals surface area contributed by atoms with Crippen LogP contribution in [-0.2, 0) is 26.4 Å². The molecule has 1 aliphatic heterocycles. The SMILES string of the molecule is CCc1nn(C)c(CC)c1CNC(=NC)N1CCN(CC(C)C)CC1.I. The summed E-state index contributed by atoms with van der Waals surface area (Å²) in [6, 6.07) is 0. The fourth-order valence-corrected chi connectivity index (χ4v) is 3.75. The van der Waals surface area contributed by atoms with Gasteiger partial charge in [0.1, 0.15) is 0 Å². The lowest BCUT2D eigenvalue weighted by atomic mass is 10.1. The molecule has 1 N–H and O–H groups in total. The van der Waals surface area contributed by atoms with Crippen molar-refractivity contribution in [1.82, 2.24) is 24.9 Å². The van der Waals surface area contributed by atoms with Gasteiger partial charge in [-0.3, -0.25) is 14.6 Å². The van der Waals surface area contributed by atoms with Gasteiger partial charge in [-0.2, -0.15) is 5.10 Å². The third kappa shape index (κ3) is 5.84. The summed E-state index contributed by atoms with van der Waals surface area (Å²) in [4.78, 5) is 9.45. The van der Waals surface area contributed by atoms with Gasteiger partial charge in [0.05, 0.1) is 5.69 Å². The van der Waals surface area contributed by atoms with Crippen LogP contribution in [0.3, 0.4) is 0 Å². The molecule has 7 heteroatoms. The molecule has 150 valence electrons. The third-order valence-electron chi connectivity index (χ3n) is 4.96. The monoisotopic (exact) mass is 476 g/mol. The second-order valence-electron chi connectivity index (χ2n) is 7.28. The fourth-order valence-electron chi connectivity index (χ4n) is 3.75. The number of nitrogens with one attached hydrogen (secondary N) is 1. The molecule has 1 aromatic rings. The maximum atomic E-state index is 4.67. The first-order valence-electron chi connectivity index (χ1n) is 9.71. The highest BCUT2D eigenvalue weighted by Crippen LogP contribution is 2.15. The van der Waals surface area contributed by atoms with Crippen molar-refractivity contribution in [3.05, 3.63) is 17.0 Å². The van der Waals surface area contributed by atoms with Crippen molar-refractivity contribution in [2.45, 2.75) is 47.1 Å². The summed E-state index contributed by atoms with van der Waals surface area (Å²) >= 11 is 0. The Balaban J connectivity index is 0.00000338. The molecule has 0 unspecified atom stereocenters. The molecule has 0 bridgehead atoms. The Morgan fingerprint density at radius 1 is 1.15 bits per heavy atom. The van der Waals surface area contributed by atoms with Crippen molar-refractivity contribution < 1.29 is 0 Å². The summed E-state index contributed by atoms with van der Waals surface area (Å²) in [6.07, 6.45) is 1.98. The van der Waals surface area contributed by atoms with E-state index < -0.39 is 0 Å². The second-order valence-corrected chi connectivity index (χ2v) is 7.28. The van der Waals surface area contributed by atoms with E-state index in [4.69, 9.17) is 0 Å². The quantitative estimate of drug-likeness (QED) is 0.390. The highest BCUT2D eigenvalue weighted by atomic mass is 127. The lowest BCUT2D eigenvalue weighted by molar-refractivity contribution is 0.164. The number of hydrogen-bond donors (Lipinski definition) is 1. The lowest BCUT2D eigenvalue weighted by Gasteiger charge is -2.37. The molecule has 26 heavy (non-hydrogen) atoms. The van der Waals surface area contributed by atoms with Crippen LogP contribution >= 0.6 is 24.0 Å². The Bertz CT molecular complexity index is 573. The van der Waals surface area contributed by atoms with E-state index in [-0.39, 0.29) is 24.0 Å². The van der Waals surface area contributed by atoms with Crippen LogP contribution in [0.4, 0.5) is 0 Å². The minimum Gasteiger partial charge on any atom is -0.352 e. The molecule has 0 spiro atoms. The maximum absolute atomic E-state index is 4.67. The summed E-state index contributed by atoms with van der Waals surface area (Å²) in [5, 5.41) is 8.25. The average Bonchev–Trinajstić information content (AvgIpc) is 2.91. The minimum absolute atomic E-state index is 0. The summed E-state index contributed by atoms with van der Waals surface area (Å²) in [6.45, 7) is 15.3. The molecular formula is C19H37IN6. The van der Waals surface area contributed by atoms with E-state index in [2.05, 4.69) is 52.9 Å². The fraction of sp³-hybridized carbons (Fsp3) is 0.789. The number of aryl methyl sites for hydroxylation is 2. The first kappa shape index (κ1) is 23.2. The number of aliphatic imine (C=N–C) groups is 1. The summed E-state index contributed by atoms with van der Waals surface area (Å²) in [7, 11) is 3.93. The Morgan fingerprint density at radius 2 is 1.81 bits per heavy atom. The van der Waals surface area contributed by atoms with Crippen LogP contribution < -0.4 is 5.32 Å². The smallest absolute Gasteiger partial charge is 0.194 e. The Labute approximate surface area is 176 Å². The Morgan fingerprint density at radius 3 is 2.31 bits per heavy atom. The molecule has 0 aliphatic carbocycles. The predicted octanol–water partition coefficient (Wildman–Crippen LogP) is 2.51. The zero-order valence-corrected chi connectivity index (χ0v) is 19.7. The molecule has 0 amide bonds. The van der Waals surface area contributed by atoms with E-state index in [0.717, 1.165) is 57.4 Å². The van der Waals surface area contributed by atoms with Crippen molar-refractivity contribution in [2.24, 2.45) is 18.0 Å². The number of piperazine rings is 1. The zero-order chi connectivity index (χ0) is 18.4. The van der Waals surface area contributed by atoms with Crippen molar-refractivity contribution in [1.29, 1.82) is 0 Å². The van der Waals surface area contributed by atoms with Crippen LogP contribution in [0, 0.1) is 5.92 Å². The van der Waals surface area contributed by atoms with E-state index in [1.807, 2.05) is 18.8 Å². The molecule has 0 aromatic carbocycles. The van der Waals surface area contributed by atoms with Gasteiger partial charge in [-0.05, 0) is 18.8 Å². The average molecular weight is 476 g/mol. The molecular weight excluding hydrogens is 439 g/mol. The van der Waals surface area contributed by atoms with Crippen LogP contribution in [0.5, 0.6) is 0 Å². The van der Waals surface area contributed by atoms with Gasteiger partial charge in [0.15, 0.2) is 5.96 Å². The normalized spacial score (nSPS) is 16.1. The number of aromatic nitrogens is 2. The molecule has 0 radical (unpaired) electrons. The van der Waals surface area contributed by atoms with E-state index in [9.17, 15) is 0 Å². The van der Waals surface area contributed by atoms with Crippen LogP contribution in [0.2, 0.25) is 0 Å². The van der Waals surface area contributed by atoms with Crippen LogP contribution in [0.1, 0.15) is 44.6 Å². The lowest BCUT2D eigenvalue weighted by Crippen LogP contribution is -2.52. The summed E-state index contributed by atoms with van der Waals surface area (Å²) in [5.41, 5.74) is 3.86. The van der Waals surface area contributed by atoms with Gasteiger partial charge in [0, 0.05) is 64.6 Å². The van der Waals surface area contributed by atoms with Gasteiger partial charge >= 0.3 is 0 Å². The molecule has 0 atom stereocenters. The zero-order valence-electron chi connectivity index (χ0n) is 17.4. The van der Waals surface area contributed by atoms with Gasteiger partial charge in [-0.15, -0.1) is 24.0 Å². The minimum atomic E-state index is 0. The second kappa shape index (κ2) is 11.1. The van der Waals surface area contributed by atoms with Crippen molar-refractivity contribution >= 4 is 29.9 Å². The molecule has 1 aliphatic rings. The van der Waals surface area contributed by atoms with Crippen molar-refractivity contribution in [2.75, 3.05) is 39.8 Å². The van der Waals surface area contributed by atoms with Gasteiger partial charge in [0.25, 0.3) is 0 Å². The molecule has 0 saturated carbocycles. The summed E-state index contributed by atoms with van der Waals surface area (Å²) in [5.74, 6) is 1.74. The molecule has 2 rings (SSSR count). The van der Waals surface area contributed by atoms with Gasteiger partial charge in [-0.1, -0.05) is 27.7 Å². The number of rotatable bonds is 6. The third-order valence-corrected chi connectivity index (χ3v) is 4.96. The maximum Gasteiger partial charge on any atom is 0.194 e. The largest absolute Gasteiger partial charge is 0.352 e. The van der Waals surface area contributed by atoms with E-state index in [0.29, 0.717) is 0 Å².